The Labute approximate surface area is 91.4 Å². The largest absolute Gasteiger partial charge is 0.367 e. The lowest BCUT2D eigenvalue weighted by molar-refractivity contribution is 0.604. The van der Waals surface area contributed by atoms with Crippen LogP contribution in [0.25, 0.3) is 0 Å². The molecule has 7 heteroatoms. The second-order valence-electron chi connectivity index (χ2n) is 3.23. The van der Waals surface area contributed by atoms with Crippen molar-refractivity contribution in [3.05, 3.63) is 30.0 Å². The van der Waals surface area contributed by atoms with Crippen LogP contribution in [0.5, 0.6) is 0 Å². The highest BCUT2D eigenvalue weighted by Crippen LogP contribution is 2.11. The smallest absolute Gasteiger partial charge is 0.186 e. The van der Waals surface area contributed by atoms with Crippen LogP contribution in [0.4, 0.5) is 10.2 Å². The van der Waals surface area contributed by atoms with Gasteiger partial charge in [-0.2, -0.15) is 5.10 Å². The zero-order chi connectivity index (χ0) is 11.4. The average Bonchev–Trinajstić information content (AvgIpc) is 2.77. The lowest BCUT2D eigenvalue weighted by Crippen LogP contribution is -2.10. The van der Waals surface area contributed by atoms with E-state index in [4.69, 9.17) is 0 Å². The van der Waals surface area contributed by atoms with Crippen molar-refractivity contribution in [2.24, 2.45) is 0 Å². The average molecular weight is 222 g/mol. The van der Waals surface area contributed by atoms with Gasteiger partial charge in [-0.1, -0.05) is 0 Å². The molecule has 0 aromatic carbocycles. The molecule has 0 saturated carbocycles. The molecule has 2 N–H and O–H groups in total. The molecule has 0 radical (unpaired) electrons. The van der Waals surface area contributed by atoms with Crippen molar-refractivity contribution in [3.63, 3.8) is 0 Å². The van der Waals surface area contributed by atoms with Gasteiger partial charge in [0.2, 0.25) is 0 Å². The predicted molar refractivity (Wildman–Crippen MR) is 55.3 cm³/mol. The molecule has 2 rings (SSSR count). The highest BCUT2D eigenvalue weighted by molar-refractivity contribution is 5.36. The van der Waals surface area contributed by atoms with Crippen LogP contribution in [0.15, 0.2) is 12.7 Å². The summed E-state index contributed by atoms with van der Waals surface area (Å²) in [4.78, 5) is 11.5. The van der Waals surface area contributed by atoms with E-state index in [1.54, 1.807) is 6.92 Å². The molecule has 6 nitrogen and oxygen atoms in total. The third-order valence-corrected chi connectivity index (χ3v) is 2.08. The van der Waals surface area contributed by atoms with Gasteiger partial charge in [-0.05, 0) is 6.92 Å². The predicted octanol–water partition coefficient (Wildman–Crippen LogP) is 0.697. The number of H-pyrrole nitrogens is 1. The van der Waals surface area contributed by atoms with E-state index in [2.05, 4.69) is 30.5 Å². The first-order valence-electron chi connectivity index (χ1n) is 4.82. The van der Waals surface area contributed by atoms with Crippen molar-refractivity contribution in [1.82, 2.24) is 25.1 Å². The SMILES string of the molecule is Cc1ncnc(NCCc2ncn[nH]2)c1F. The van der Waals surface area contributed by atoms with Crippen molar-refractivity contribution >= 4 is 5.82 Å². The van der Waals surface area contributed by atoms with Crippen molar-refractivity contribution in [3.8, 4) is 0 Å². The third kappa shape index (κ3) is 2.30. The van der Waals surface area contributed by atoms with Gasteiger partial charge < -0.3 is 5.32 Å². The molecule has 0 spiro atoms. The molecule has 2 aromatic heterocycles. The Morgan fingerprint density at radius 3 is 2.94 bits per heavy atom. The molecular weight excluding hydrogens is 211 g/mol. The van der Waals surface area contributed by atoms with E-state index in [0.717, 1.165) is 5.82 Å². The normalized spacial score (nSPS) is 10.4. The first-order chi connectivity index (χ1) is 7.77. The molecule has 0 aliphatic heterocycles. The summed E-state index contributed by atoms with van der Waals surface area (Å²) in [7, 11) is 0. The zero-order valence-corrected chi connectivity index (χ0v) is 8.74. The maximum atomic E-state index is 13.4. The molecule has 0 saturated heterocycles. The summed E-state index contributed by atoms with van der Waals surface area (Å²) in [6, 6.07) is 0. The fourth-order valence-corrected chi connectivity index (χ4v) is 1.23. The van der Waals surface area contributed by atoms with Crippen LogP contribution in [0.2, 0.25) is 0 Å². The third-order valence-electron chi connectivity index (χ3n) is 2.08. The monoisotopic (exact) mass is 222 g/mol. The number of nitrogens with zero attached hydrogens (tertiary/aromatic N) is 4. The van der Waals surface area contributed by atoms with Crippen molar-refractivity contribution in [1.29, 1.82) is 0 Å². The lowest BCUT2D eigenvalue weighted by Gasteiger charge is -2.05. The number of aromatic nitrogens is 5. The van der Waals surface area contributed by atoms with Gasteiger partial charge in [-0.25, -0.2) is 19.3 Å². The van der Waals surface area contributed by atoms with Gasteiger partial charge in [0, 0.05) is 13.0 Å². The van der Waals surface area contributed by atoms with E-state index in [9.17, 15) is 4.39 Å². The molecule has 0 aliphatic carbocycles. The van der Waals surface area contributed by atoms with Crippen molar-refractivity contribution < 1.29 is 4.39 Å². The molecule has 16 heavy (non-hydrogen) atoms. The Kier molecular flexibility index (Phi) is 3.04. The van der Waals surface area contributed by atoms with Gasteiger partial charge in [0.15, 0.2) is 11.6 Å². The van der Waals surface area contributed by atoms with E-state index in [-0.39, 0.29) is 5.82 Å². The van der Waals surface area contributed by atoms with Crippen molar-refractivity contribution in [2.45, 2.75) is 13.3 Å². The number of halogens is 1. The fraction of sp³-hybridized carbons (Fsp3) is 0.333. The van der Waals surface area contributed by atoms with E-state index in [0.29, 0.717) is 18.7 Å². The Morgan fingerprint density at radius 1 is 1.31 bits per heavy atom. The van der Waals surface area contributed by atoms with Gasteiger partial charge in [-0.15, -0.1) is 0 Å². The summed E-state index contributed by atoms with van der Waals surface area (Å²) in [6.45, 7) is 2.13. The standard InChI is InChI=1S/C9H11FN6/c1-6-8(10)9(14-4-12-6)11-3-2-7-13-5-15-16-7/h4-5H,2-3H2,1H3,(H,11,12,14)(H,13,15,16). The quantitative estimate of drug-likeness (QED) is 0.795. The minimum absolute atomic E-state index is 0.215. The number of anilines is 1. The summed E-state index contributed by atoms with van der Waals surface area (Å²) in [6.07, 6.45) is 3.39. The highest BCUT2D eigenvalue weighted by atomic mass is 19.1. The van der Waals surface area contributed by atoms with Gasteiger partial charge >= 0.3 is 0 Å². The molecule has 0 aliphatic rings. The van der Waals surface area contributed by atoms with Gasteiger partial charge in [-0.3, -0.25) is 5.10 Å². The molecule has 0 atom stereocenters. The maximum absolute atomic E-state index is 13.4. The molecule has 2 aromatic rings. The fourth-order valence-electron chi connectivity index (χ4n) is 1.23. The number of nitrogens with one attached hydrogen (secondary N) is 2. The van der Waals surface area contributed by atoms with Crippen LogP contribution in [0, 0.1) is 12.7 Å². The number of hydrogen-bond acceptors (Lipinski definition) is 5. The lowest BCUT2D eigenvalue weighted by atomic mass is 10.3. The van der Waals surface area contributed by atoms with Crippen LogP contribution in [-0.4, -0.2) is 31.7 Å². The molecule has 0 amide bonds. The number of hydrogen-bond donors (Lipinski definition) is 2. The molecule has 84 valence electrons. The maximum Gasteiger partial charge on any atom is 0.186 e. The van der Waals surface area contributed by atoms with E-state index in [1.807, 2.05) is 0 Å². The second-order valence-corrected chi connectivity index (χ2v) is 3.23. The minimum atomic E-state index is -0.417. The Hall–Kier alpha value is -2.05. The number of aryl methyl sites for hydroxylation is 1. The van der Waals surface area contributed by atoms with Crippen LogP contribution >= 0.6 is 0 Å². The van der Waals surface area contributed by atoms with Crippen molar-refractivity contribution in [2.75, 3.05) is 11.9 Å². The summed E-state index contributed by atoms with van der Waals surface area (Å²) >= 11 is 0. The Balaban J connectivity index is 1.92. The topological polar surface area (TPSA) is 79.4 Å². The molecule has 0 fully saturated rings. The number of aromatic amines is 1. The number of rotatable bonds is 4. The van der Waals surface area contributed by atoms with Crippen LogP contribution in [0.3, 0.4) is 0 Å². The highest BCUT2D eigenvalue weighted by Gasteiger charge is 2.06. The van der Waals surface area contributed by atoms with E-state index >= 15 is 0 Å². The molecule has 2 heterocycles. The van der Waals surface area contributed by atoms with Gasteiger partial charge in [0.25, 0.3) is 0 Å². The molecule has 0 bridgehead atoms. The van der Waals surface area contributed by atoms with Gasteiger partial charge in [0.05, 0.1) is 5.69 Å². The van der Waals surface area contributed by atoms with Crippen LogP contribution in [0.1, 0.15) is 11.5 Å². The Morgan fingerprint density at radius 2 is 2.19 bits per heavy atom. The van der Waals surface area contributed by atoms with Crippen LogP contribution in [-0.2, 0) is 6.42 Å². The second kappa shape index (κ2) is 4.65. The summed E-state index contributed by atoms with van der Waals surface area (Å²) in [5.74, 6) is 0.547. The first kappa shape index (κ1) is 10.5. The first-order valence-corrected chi connectivity index (χ1v) is 4.82. The van der Waals surface area contributed by atoms with E-state index in [1.165, 1.54) is 12.7 Å². The molecule has 0 unspecified atom stereocenters. The molecular formula is C9H11FN6. The summed E-state index contributed by atoms with van der Waals surface area (Å²) in [5.41, 5.74) is 0.331. The zero-order valence-electron chi connectivity index (χ0n) is 8.74. The van der Waals surface area contributed by atoms with Crippen LogP contribution < -0.4 is 5.32 Å². The Bertz CT molecular complexity index is 455. The van der Waals surface area contributed by atoms with Gasteiger partial charge in [0.1, 0.15) is 18.5 Å². The summed E-state index contributed by atoms with van der Waals surface area (Å²) < 4.78 is 13.4. The minimum Gasteiger partial charge on any atom is -0.367 e. The summed E-state index contributed by atoms with van der Waals surface area (Å²) in [5, 5.41) is 9.32. The van der Waals surface area contributed by atoms with E-state index < -0.39 is 5.82 Å².